The van der Waals surface area contributed by atoms with Gasteiger partial charge in [-0.15, -0.1) is 11.3 Å². The fourth-order valence-electron chi connectivity index (χ4n) is 1.17. The molecule has 0 bridgehead atoms. The van der Waals surface area contributed by atoms with E-state index in [1.165, 1.54) is 4.88 Å². The van der Waals surface area contributed by atoms with Gasteiger partial charge in [0, 0.05) is 17.0 Å². The Labute approximate surface area is 101 Å². The summed E-state index contributed by atoms with van der Waals surface area (Å²) in [5.41, 5.74) is 0.0364. The molecule has 1 heterocycles. The lowest BCUT2D eigenvalue weighted by molar-refractivity contribution is 0.0271. The quantitative estimate of drug-likeness (QED) is 0.803. The number of hydrogen-bond donors (Lipinski definition) is 2. The third kappa shape index (κ3) is 6.23. The van der Waals surface area contributed by atoms with Crippen LogP contribution in [0.15, 0.2) is 17.5 Å². The van der Waals surface area contributed by atoms with E-state index in [-0.39, 0.29) is 5.54 Å². The molecule has 0 aliphatic rings. The van der Waals surface area contributed by atoms with Crippen LogP contribution in [-0.4, -0.2) is 29.9 Å². The van der Waals surface area contributed by atoms with E-state index in [4.69, 9.17) is 4.74 Å². The standard InChI is InChI=1S/C12H21NO2S/c1-12(2,3)13-7-10(14)8-15-9-11-5-4-6-16-11/h4-6,10,13-14H,7-9H2,1-3H3/t10-/m0/s1. The van der Waals surface area contributed by atoms with Crippen LogP contribution in [0.25, 0.3) is 0 Å². The van der Waals surface area contributed by atoms with Crippen molar-refractivity contribution in [2.24, 2.45) is 0 Å². The van der Waals surface area contributed by atoms with E-state index in [9.17, 15) is 5.11 Å². The number of thiophene rings is 1. The molecule has 0 fully saturated rings. The highest BCUT2D eigenvalue weighted by Crippen LogP contribution is 2.09. The minimum absolute atomic E-state index is 0.0364. The molecule has 4 heteroatoms. The monoisotopic (exact) mass is 243 g/mol. The van der Waals surface area contributed by atoms with Crippen molar-refractivity contribution in [1.82, 2.24) is 5.32 Å². The maximum atomic E-state index is 9.66. The molecule has 1 aromatic heterocycles. The van der Waals surface area contributed by atoms with Crippen LogP contribution in [-0.2, 0) is 11.3 Å². The summed E-state index contributed by atoms with van der Waals surface area (Å²) in [6.07, 6.45) is -0.445. The van der Waals surface area contributed by atoms with E-state index in [0.717, 1.165) is 0 Å². The fraction of sp³-hybridized carbons (Fsp3) is 0.667. The predicted molar refractivity (Wildman–Crippen MR) is 67.7 cm³/mol. The number of aliphatic hydroxyl groups excluding tert-OH is 1. The smallest absolute Gasteiger partial charge is 0.0898 e. The van der Waals surface area contributed by atoms with Crippen LogP contribution in [0.2, 0.25) is 0 Å². The molecule has 0 saturated carbocycles. The molecule has 16 heavy (non-hydrogen) atoms. The molecule has 1 rings (SSSR count). The summed E-state index contributed by atoms with van der Waals surface area (Å²) in [7, 11) is 0. The van der Waals surface area contributed by atoms with Gasteiger partial charge < -0.3 is 15.2 Å². The number of nitrogens with one attached hydrogen (secondary N) is 1. The molecule has 0 aliphatic carbocycles. The largest absolute Gasteiger partial charge is 0.389 e. The van der Waals surface area contributed by atoms with Crippen molar-refractivity contribution in [2.75, 3.05) is 13.2 Å². The van der Waals surface area contributed by atoms with Crippen LogP contribution in [0, 0.1) is 0 Å². The molecule has 0 spiro atoms. The lowest BCUT2D eigenvalue weighted by Crippen LogP contribution is -2.42. The number of rotatable bonds is 6. The van der Waals surface area contributed by atoms with E-state index in [2.05, 4.69) is 26.1 Å². The summed E-state index contributed by atoms with van der Waals surface area (Å²) < 4.78 is 5.43. The molecule has 3 nitrogen and oxygen atoms in total. The molecule has 0 aliphatic heterocycles. The first-order valence-electron chi connectivity index (χ1n) is 5.50. The maximum absolute atomic E-state index is 9.66. The zero-order valence-electron chi connectivity index (χ0n) is 10.2. The molecule has 0 aromatic carbocycles. The second-order valence-corrected chi connectivity index (χ2v) is 5.91. The Morgan fingerprint density at radius 3 is 2.81 bits per heavy atom. The lowest BCUT2D eigenvalue weighted by Gasteiger charge is -2.22. The molecule has 1 atom stereocenters. The summed E-state index contributed by atoms with van der Waals surface area (Å²) in [5.74, 6) is 0. The van der Waals surface area contributed by atoms with Gasteiger partial charge in [-0.05, 0) is 32.2 Å². The SMILES string of the molecule is CC(C)(C)NC[C@H](O)COCc1cccs1. The summed E-state index contributed by atoms with van der Waals surface area (Å²) in [6, 6.07) is 4.03. The normalized spacial score (nSPS) is 14.0. The van der Waals surface area contributed by atoms with Gasteiger partial charge in [-0.3, -0.25) is 0 Å². The molecule has 92 valence electrons. The van der Waals surface area contributed by atoms with Gasteiger partial charge in [0.15, 0.2) is 0 Å². The third-order valence-corrected chi connectivity index (χ3v) is 2.85. The van der Waals surface area contributed by atoms with E-state index in [0.29, 0.717) is 19.8 Å². The van der Waals surface area contributed by atoms with E-state index in [1.54, 1.807) is 11.3 Å². The highest BCUT2D eigenvalue weighted by atomic mass is 32.1. The first-order valence-corrected chi connectivity index (χ1v) is 6.38. The van der Waals surface area contributed by atoms with Crippen molar-refractivity contribution < 1.29 is 9.84 Å². The van der Waals surface area contributed by atoms with Gasteiger partial charge in [0.2, 0.25) is 0 Å². The van der Waals surface area contributed by atoms with E-state index >= 15 is 0 Å². The fourth-order valence-corrected chi connectivity index (χ4v) is 1.81. The van der Waals surface area contributed by atoms with Crippen molar-refractivity contribution in [2.45, 2.75) is 39.0 Å². The predicted octanol–water partition coefficient (Wildman–Crippen LogP) is 2.01. The van der Waals surface area contributed by atoms with Gasteiger partial charge in [0.1, 0.15) is 0 Å². The Kier molecular flexibility index (Phi) is 5.41. The van der Waals surface area contributed by atoms with Gasteiger partial charge in [0.05, 0.1) is 19.3 Å². The minimum Gasteiger partial charge on any atom is -0.389 e. The third-order valence-electron chi connectivity index (χ3n) is 2.00. The highest BCUT2D eigenvalue weighted by Gasteiger charge is 2.12. The molecule has 0 amide bonds. The molecule has 0 unspecified atom stereocenters. The molecular formula is C12H21NO2S. The zero-order chi connectivity index (χ0) is 12.0. The first kappa shape index (κ1) is 13.6. The van der Waals surface area contributed by atoms with E-state index < -0.39 is 6.10 Å². The minimum atomic E-state index is -0.445. The number of β-amino-alcohol motifs (C(OH)–C–C–N with tert-alkyl or cyclic N) is 1. The molecule has 2 N–H and O–H groups in total. The summed E-state index contributed by atoms with van der Waals surface area (Å²) in [5, 5.41) is 14.9. The first-order chi connectivity index (χ1) is 7.47. The Morgan fingerprint density at radius 1 is 1.50 bits per heavy atom. The summed E-state index contributed by atoms with van der Waals surface area (Å²) in [4.78, 5) is 1.19. The number of hydrogen-bond acceptors (Lipinski definition) is 4. The molecular weight excluding hydrogens is 222 g/mol. The van der Waals surface area contributed by atoms with Crippen LogP contribution in [0.5, 0.6) is 0 Å². The highest BCUT2D eigenvalue weighted by molar-refractivity contribution is 7.09. The van der Waals surface area contributed by atoms with Crippen molar-refractivity contribution in [1.29, 1.82) is 0 Å². The van der Waals surface area contributed by atoms with Gasteiger partial charge in [-0.1, -0.05) is 6.07 Å². The Balaban J connectivity index is 2.09. The Hall–Kier alpha value is -0.420. The van der Waals surface area contributed by atoms with Gasteiger partial charge in [0.25, 0.3) is 0 Å². The number of aliphatic hydroxyl groups is 1. The van der Waals surface area contributed by atoms with E-state index in [1.807, 2.05) is 17.5 Å². The van der Waals surface area contributed by atoms with Crippen molar-refractivity contribution >= 4 is 11.3 Å². The number of ether oxygens (including phenoxy) is 1. The van der Waals surface area contributed by atoms with Gasteiger partial charge in [-0.25, -0.2) is 0 Å². The Bertz CT molecular complexity index is 280. The van der Waals surface area contributed by atoms with Crippen LogP contribution < -0.4 is 5.32 Å². The summed E-state index contributed by atoms with van der Waals surface area (Å²) in [6.45, 7) is 7.75. The zero-order valence-corrected chi connectivity index (χ0v) is 11.0. The van der Waals surface area contributed by atoms with Crippen molar-refractivity contribution in [3.8, 4) is 0 Å². The summed E-state index contributed by atoms with van der Waals surface area (Å²) >= 11 is 1.67. The van der Waals surface area contributed by atoms with Crippen LogP contribution >= 0.6 is 11.3 Å². The van der Waals surface area contributed by atoms with Crippen LogP contribution in [0.4, 0.5) is 0 Å². The van der Waals surface area contributed by atoms with Crippen LogP contribution in [0.1, 0.15) is 25.6 Å². The average Bonchev–Trinajstić information content (AvgIpc) is 2.66. The lowest BCUT2D eigenvalue weighted by atomic mass is 10.1. The second-order valence-electron chi connectivity index (χ2n) is 4.88. The van der Waals surface area contributed by atoms with Crippen molar-refractivity contribution in [3.05, 3.63) is 22.4 Å². The van der Waals surface area contributed by atoms with Gasteiger partial charge in [-0.2, -0.15) is 0 Å². The van der Waals surface area contributed by atoms with Gasteiger partial charge >= 0.3 is 0 Å². The molecule has 1 aromatic rings. The topological polar surface area (TPSA) is 41.5 Å². The van der Waals surface area contributed by atoms with Crippen molar-refractivity contribution in [3.63, 3.8) is 0 Å². The van der Waals surface area contributed by atoms with Crippen LogP contribution in [0.3, 0.4) is 0 Å². The Morgan fingerprint density at radius 2 is 2.25 bits per heavy atom. The average molecular weight is 243 g/mol. The maximum Gasteiger partial charge on any atom is 0.0898 e. The second kappa shape index (κ2) is 6.35. The molecule has 0 radical (unpaired) electrons. The molecule has 0 saturated heterocycles.